The van der Waals surface area contributed by atoms with Crippen molar-refractivity contribution < 1.29 is 0 Å². The molecule has 1 aromatic carbocycles. The highest BCUT2D eigenvalue weighted by Crippen LogP contribution is 2.48. The lowest BCUT2D eigenvalue weighted by Crippen LogP contribution is -2.29. The first kappa shape index (κ1) is 14.4. The largest absolute Gasteiger partial charge is 0.123 e. The molecular weight excluding hydrogens is 264 g/mol. The summed E-state index contributed by atoms with van der Waals surface area (Å²) in [7, 11) is 0. The third-order valence-corrected chi connectivity index (χ3v) is 6.47. The Hall–Kier alpha value is -0.490. The maximum Gasteiger partial charge on any atom is 0.0364 e. The molecule has 0 aliphatic heterocycles. The van der Waals surface area contributed by atoms with Crippen LogP contribution in [0.3, 0.4) is 0 Å². The van der Waals surface area contributed by atoms with Crippen LogP contribution in [-0.4, -0.2) is 5.38 Å². The normalized spacial score (nSPS) is 37.5. The van der Waals surface area contributed by atoms with E-state index in [1.165, 1.54) is 38.5 Å². The third-order valence-electron chi connectivity index (χ3n) is 5.86. The molecule has 0 amide bonds. The minimum Gasteiger partial charge on any atom is -0.123 e. The van der Waals surface area contributed by atoms with E-state index in [4.69, 9.17) is 11.6 Å². The van der Waals surface area contributed by atoms with Crippen LogP contribution in [0, 0.1) is 11.8 Å². The second kappa shape index (κ2) is 6.10. The Balaban J connectivity index is 1.84. The summed E-state index contributed by atoms with van der Waals surface area (Å²) in [6.45, 7) is 4.65. The zero-order valence-electron chi connectivity index (χ0n) is 12.8. The van der Waals surface area contributed by atoms with Gasteiger partial charge in [0.05, 0.1) is 0 Å². The van der Waals surface area contributed by atoms with E-state index in [9.17, 15) is 0 Å². The molecule has 5 atom stereocenters. The van der Waals surface area contributed by atoms with E-state index in [0.29, 0.717) is 11.3 Å². The van der Waals surface area contributed by atoms with Crippen molar-refractivity contribution in [3.05, 3.63) is 35.4 Å². The van der Waals surface area contributed by atoms with Crippen molar-refractivity contribution >= 4 is 11.6 Å². The number of halogens is 1. The minimum absolute atomic E-state index is 0.393. The molecule has 1 heteroatoms. The van der Waals surface area contributed by atoms with E-state index in [1.807, 2.05) is 0 Å². The smallest absolute Gasteiger partial charge is 0.0364 e. The molecule has 110 valence electrons. The zero-order chi connectivity index (χ0) is 14.1. The van der Waals surface area contributed by atoms with Crippen LogP contribution in [0.25, 0.3) is 0 Å². The molecule has 1 saturated carbocycles. The lowest BCUT2D eigenvalue weighted by Gasteiger charge is -2.40. The van der Waals surface area contributed by atoms with Gasteiger partial charge < -0.3 is 0 Å². The monoisotopic (exact) mass is 290 g/mol. The fourth-order valence-corrected chi connectivity index (χ4v) is 4.84. The summed E-state index contributed by atoms with van der Waals surface area (Å²) < 4.78 is 0. The lowest BCUT2D eigenvalue weighted by atomic mass is 9.66. The molecule has 0 spiro atoms. The zero-order valence-corrected chi connectivity index (χ0v) is 13.6. The van der Waals surface area contributed by atoms with Gasteiger partial charge in [-0.25, -0.2) is 0 Å². The molecule has 3 unspecified atom stereocenters. The highest BCUT2D eigenvalue weighted by Gasteiger charge is 2.35. The van der Waals surface area contributed by atoms with Crippen molar-refractivity contribution in [1.29, 1.82) is 0 Å². The first-order valence-corrected chi connectivity index (χ1v) is 8.87. The lowest BCUT2D eigenvalue weighted by molar-refractivity contribution is 0.239. The number of rotatable bonds is 2. The number of benzene rings is 1. The Bertz CT molecular complexity index is 453. The maximum atomic E-state index is 6.56. The molecule has 0 aromatic heterocycles. The molecule has 0 heterocycles. The molecule has 2 aliphatic carbocycles. The third kappa shape index (κ3) is 2.64. The van der Waals surface area contributed by atoms with Crippen molar-refractivity contribution in [2.45, 2.75) is 69.6 Å². The summed E-state index contributed by atoms with van der Waals surface area (Å²) in [5.41, 5.74) is 3.28. The molecule has 1 aromatic rings. The van der Waals surface area contributed by atoms with Crippen molar-refractivity contribution in [3.63, 3.8) is 0 Å². The molecule has 0 radical (unpaired) electrons. The van der Waals surface area contributed by atoms with E-state index in [1.54, 1.807) is 11.1 Å². The first-order valence-electron chi connectivity index (χ1n) is 8.43. The summed E-state index contributed by atoms with van der Waals surface area (Å²) in [6.07, 6.45) is 7.94. The maximum absolute atomic E-state index is 6.56. The molecule has 0 nitrogen and oxygen atoms in total. The standard InChI is InChI=1S/C19H27Cl/c1-3-14-10-11-17(18-7-5-4-6-16(14)18)15-9-8-13(2)19(20)12-15/h4-7,13-15,17,19H,3,8-12H2,1-2H3/t13?,14-,15?,17-,19?/m0/s1. The van der Waals surface area contributed by atoms with Crippen molar-refractivity contribution in [3.8, 4) is 0 Å². The average Bonchev–Trinajstić information content (AvgIpc) is 2.49. The molecular formula is C19H27Cl. The van der Waals surface area contributed by atoms with Gasteiger partial charge in [0.15, 0.2) is 0 Å². The second-order valence-electron chi connectivity index (χ2n) is 6.98. The number of alkyl halides is 1. The highest BCUT2D eigenvalue weighted by molar-refractivity contribution is 6.20. The Labute approximate surface area is 128 Å². The minimum atomic E-state index is 0.393. The van der Waals surface area contributed by atoms with Gasteiger partial charge in [-0.1, -0.05) is 38.1 Å². The van der Waals surface area contributed by atoms with E-state index in [-0.39, 0.29) is 0 Å². The number of fused-ring (bicyclic) bond motifs is 1. The molecule has 3 rings (SSSR count). The fraction of sp³-hybridized carbons (Fsp3) is 0.684. The Kier molecular flexibility index (Phi) is 4.40. The quantitative estimate of drug-likeness (QED) is 0.577. The van der Waals surface area contributed by atoms with Gasteiger partial charge >= 0.3 is 0 Å². The van der Waals surface area contributed by atoms with Gasteiger partial charge in [0.1, 0.15) is 0 Å². The summed E-state index contributed by atoms with van der Waals surface area (Å²) in [6, 6.07) is 9.22. The Morgan fingerprint density at radius 3 is 2.50 bits per heavy atom. The van der Waals surface area contributed by atoms with E-state index >= 15 is 0 Å². The topological polar surface area (TPSA) is 0 Å². The molecule has 2 aliphatic rings. The highest BCUT2D eigenvalue weighted by atomic mass is 35.5. The van der Waals surface area contributed by atoms with Gasteiger partial charge in [0.2, 0.25) is 0 Å². The van der Waals surface area contributed by atoms with Crippen LogP contribution in [0.1, 0.15) is 75.3 Å². The molecule has 1 fully saturated rings. The van der Waals surface area contributed by atoms with Crippen LogP contribution in [0.15, 0.2) is 24.3 Å². The van der Waals surface area contributed by atoms with Gasteiger partial charge in [-0.05, 0) is 73.3 Å². The number of hydrogen-bond donors (Lipinski definition) is 0. The van der Waals surface area contributed by atoms with Gasteiger partial charge in [-0.2, -0.15) is 0 Å². The van der Waals surface area contributed by atoms with Crippen LogP contribution < -0.4 is 0 Å². The molecule has 0 saturated heterocycles. The molecule has 0 bridgehead atoms. The van der Waals surface area contributed by atoms with Crippen LogP contribution >= 0.6 is 11.6 Å². The van der Waals surface area contributed by atoms with E-state index < -0.39 is 0 Å². The molecule has 0 N–H and O–H groups in total. The van der Waals surface area contributed by atoms with Crippen LogP contribution in [0.5, 0.6) is 0 Å². The van der Waals surface area contributed by atoms with E-state index in [2.05, 4.69) is 38.1 Å². The van der Waals surface area contributed by atoms with Gasteiger partial charge in [0.25, 0.3) is 0 Å². The molecule has 20 heavy (non-hydrogen) atoms. The second-order valence-corrected chi connectivity index (χ2v) is 7.54. The van der Waals surface area contributed by atoms with Gasteiger partial charge in [-0.3, -0.25) is 0 Å². The summed E-state index contributed by atoms with van der Waals surface area (Å²) in [5.74, 6) is 3.07. The van der Waals surface area contributed by atoms with Crippen molar-refractivity contribution in [2.75, 3.05) is 0 Å². The van der Waals surface area contributed by atoms with Gasteiger partial charge in [-0.15, -0.1) is 11.6 Å². The number of hydrogen-bond acceptors (Lipinski definition) is 0. The van der Waals surface area contributed by atoms with Crippen LogP contribution in [0.2, 0.25) is 0 Å². The average molecular weight is 291 g/mol. The predicted octanol–water partition coefficient (Wildman–Crippen LogP) is 6.10. The Morgan fingerprint density at radius 2 is 1.80 bits per heavy atom. The summed E-state index contributed by atoms with van der Waals surface area (Å²) >= 11 is 6.56. The summed E-state index contributed by atoms with van der Waals surface area (Å²) in [5, 5.41) is 0.393. The van der Waals surface area contributed by atoms with Crippen LogP contribution in [0.4, 0.5) is 0 Å². The fourth-order valence-electron chi connectivity index (χ4n) is 4.49. The Morgan fingerprint density at radius 1 is 1.05 bits per heavy atom. The van der Waals surface area contributed by atoms with Crippen molar-refractivity contribution in [1.82, 2.24) is 0 Å². The van der Waals surface area contributed by atoms with Gasteiger partial charge in [0, 0.05) is 5.38 Å². The van der Waals surface area contributed by atoms with Crippen molar-refractivity contribution in [2.24, 2.45) is 11.8 Å². The predicted molar refractivity (Wildman–Crippen MR) is 87.6 cm³/mol. The SMILES string of the molecule is CC[C@H]1CC[C@@H](C2CCC(C)C(Cl)C2)c2ccccc21. The first-order chi connectivity index (χ1) is 9.70. The summed E-state index contributed by atoms with van der Waals surface area (Å²) in [4.78, 5) is 0. The van der Waals surface area contributed by atoms with Crippen LogP contribution in [-0.2, 0) is 0 Å². The van der Waals surface area contributed by atoms with E-state index in [0.717, 1.165) is 17.8 Å².